The average molecular weight is 363 g/mol. The molecule has 0 spiro atoms. The Labute approximate surface area is 146 Å². The van der Waals surface area contributed by atoms with Gasteiger partial charge in [0.15, 0.2) is 0 Å². The van der Waals surface area contributed by atoms with E-state index in [2.05, 4.69) is 15.5 Å². The maximum atomic E-state index is 12.3. The average Bonchev–Trinajstić information content (AvgIpc) is 3.07. The van der Waals surface area contributed by atoms with Crippen molar-refractivity contribution in [3.05, 3.63) is 29.8 Å². The summed E-state index contributed by atoms with van der Waals surface area (Å²) in [5, 5.41) is 9.64. The summed E-state index contributed by atoms with van der Waals surface area (Å²) in [4.78, 5) is 12.0. The molecule has 2 aromatic rings. The predicted octanol–water partition coefficient (Wildman–Crippen LogP) is 2.27. The third-order valence-corrected chi connectivity index (χ3v) is 5.60. The van der Waals surface area contributed by atoms with Gasteiger partial charge >= 0.3 is 5.22 Å². The van der Waals surface area contributed by atoms with E-state index < -0.39 is 26.7 Å². The van der Waals surface area contributed by atoms with Gasteiger partial charge in [-0.2, -0.15) is 0 Å². The molecule has 0 radical (unpaired) electrons. The van der Waals surface area contributed by atoms with Crippen molar-refractivity contribution in [2.45, 2.75) is 50.3 Å². The van der Waals surface area contributed by atoms with Crippen molar-refractivity contribution in [1.29, 1.82) is 0 Å². The number of carbonyl (C=O) groups is 1. The van der Waals surface area contributed by atoms with Crippen molar-refractivity contribution in [2.75, 3.05) is 5.75 Å². The maximum absolute atomic E-state index is 12.3. The highest BCUT2D eigenvalue weighted by atomic mass is 32.2. The van der Waals surface area contributed by atoms with Crippen molar-refractivity contribution >= 4 is 15.7 Å². The van der Waals surface area contributed by atoms with E-state index in [0.717, 1.165) is 37.7 Å². The summed E-state index contributed by atoms with van der Waals surface area (Å²) in [5.74, 6) is -1.09. The Kier molecular flexibility index (Phi) is 5.17. The van der Waals surface area contributed by atoms with Crippen LogP contribution in [0.3, 0.4) is 0 Å². The molecule has 0 unspecified atom stereocenters. The molecule has 1 aliphatic rings. The van der Waals surface area contributed by atoms with E-state index in [1.807, 2.05) is 19.1 Å². The van der Waals surface area contributed by atoms with Crippen LogP contribution < -0.4 is 5.32 Å². The first-order valence-corrected chi connectivity index (χ1v) is 10.0. The zero-order valence-electron chi connectivity index (χ0n) is 14.1. The second-order valence-corrected chi connectivity index (χ2v) is 8.27. The number of nitrogens with one attached hydrogen (secondary N) is 1. The molecule has 1 aromatic carbocycles. The number of rotatable bonds is 5. The van der Waals surface area contributed by atoms with Gasteiger partial charge in [-0.3, -0.25) is 4.79 Å². The molecule has 1 saturated carbocycles. The molecular formula is C17H21N3O4S. The normalized spacial score (nSPS) is 15.9. The van der Waals surface area contributed by atoms with Crippen LogP contribution in [0.4, 0.5) is 0 Å². The second-order valence-electron chi connectivity index (χ2n) is 6.40. The topological polar surface area (TPSA) is 102 Å². The number of sulfone groups is 1. The Hall–Kier alpha value is -2.22. The van der Waals surface area contributed by atoms with E-state index >= 15 is 0 Å². The first kappa shape index (κ1) is 17.6. The number of hydrogen-bond donors (Lipinski definition) is 1. The van der Waals surface area contributed by atoms with Gasteiger partial charge in [0.2, 0.25) is 21.6 Å². The summed E-state index contributed by atoms with van der Waals surface area (Å²) in [6.07, 6.45) is 5.06. The van der Waals surface area contributed by atoms with Gasteiger partial charge in [-0.1, -0.05) is 42.1 Å². The van der Waals surface area contributed by atoms with Crippen molar-refractivity contribution in [1.82, 2.24) is 15.5 Å². The molecule has 0 atom stereocenters. The van der Waals surface area contributed by atoms with Crippen LogP contribution in [-0.4, -0.2) is 36.3 Å². The smallest absolute Gasteiger partial charge is 0.336 e. The van der Waals surface area contributed by atoms with Gasteiger partial charge in [0.1, 0.15) is 5.75 Å². The first-order chi connectivity index (χ1) is 11.9. The molecule has 0 saturated heterocycles. The Morgan fingerprint density at radius 3 is 2.52 bits per heavy atom. The van der Waals surface area contributed by atoms with E-state index in [1.165, 1.54) is 0 Å². The lowest BCUT2D eigenvalue weighted by Gasteiger charge is -2.22. The largest absolute Gasteiger partial charge is 0.408 e. The van der Waals surface area contributed by atoms with Gasteiger partial charge < -0.3 is 9.73 Å². The Morgan fingerprint density at radius 1 is 1.16 bits per heavy atom. The first-order valence-electron chi connectivity index (χ1n) is 8.37. The van der Waals surface area contributed by atoms with Gasteiger partial charge in [-0.25, -0.2) is 8.42 Å². The van der Waals surface area contributed by atoms with Gasteiger partial charge in [-0.05, 0) is 31.9 Å². The zero-order chi connectivity index (χ0) is 17.9. The molecule has 25 heavy (non-hydrogen) atoms. The molecule has 1 aliphatic carbocycles. The van der Waals surface area contributed by atoms with Crippen LogP contribution in [0, 0.1) is 6.92 Å². The predicted molar refractivity (Wildman–Crippen MR) is 91.5 cm³/mol. The maximum Gasteiger partial charge on any atom is 0.336 e. The van der Waals surface area contributed by atoms with Crippen molar-refractivity contribution in [3.63, 3.8) is 0 Å². The van der Waals surface area contributed by atoms with Gasteiger partial charge in [0, 0.05) is 11.6 Å². The molecule has 1 heterocycles. The lowest BCUT2D eigenvalue weighted by molar-refractivity contribution is -0.119. The summed E-state index contributed by atoms with van der Waals surface area (Å²) >= 11 is 0. The third kappa shape index (κ3) is 4.45. The zero-order valence-corrected chi connectivity index (χ0v) is 14.9. The second kappa shape index (κ2) is 7.35. The van der Waals surface area contributed by atoms with E-state index in [-0.39, 0.29) is 11.9 Å². The minimum Gasteiger partial charge on any atom is -0.408 e. The quantitative estimate of drug-likeness (QED) is 0.874. The molecule has 134 valence electrons. The standard InChI is InChI=1S/C17H21N3O4S/c1-12-7-9-13(10-8-12)16-19-20-17(24-16)25(22,23)11-15(21)18-14-5-3-2-4-6-14/h7-10,14H,2-6,11H2,1H3,(H,18,21). The molecule has 1 aromatic heterocycles. The van der Waals surface area contributed by atoms with Gasteiger partial charge in [0.05, 0.1) is 0 Å². The lowest BCUT2D eigenvalue weighted by atomic mass is 9.95. The Bertz CT molecular complexity index is 837. The molecule has 3 rings (SSSR count). The number of amides is 1. The van der Waals surface area contributed by atoms with Crippen LogP contribution in [0.1, 0.15) is 37.7 Å². The molecule has 8 heteroatoms. The molecule has 1 fully saturated rings. The minimum absolute atomic E-state index is 0.0576. The summed E-state index contributed by atoms with van der Waals surface area (Å²) < 4.78 is 29.9. The van der Waals surface area contributed by atoms with Gasteiger partial charge in [0.25, 0.3) is 0 Å². The highest BCUT2D eigenvalue weighted by Gasteiger charge is 2.27. The van der Waals surface area contributed by atoms with E-state index in [9.17, 15) is 13.2 Å². The van der Waals surface area contributed by atoms with E-state index in [4.69, 9.17) is 4.42 Å². The monoisotopic (exact) mass is 363 g/mol. The van der Waals surface area contributed by atoms with Crippen LogP contribution >= 0.6 is 0 Å². The van der Waals surface area contributed by atoms with Crippen LogP contribution in [0.5, 0.6) is 0 Å². The molecule has 0 aliphatic heterocycles. The van der Waals surface area contributed by atoms with Crippen molar-refractivity contribution in [2.24, 2.45) is 0 Å². The van der Waals surface area contributed by atoms with E-state index in [0.29, 0.717) is 5.56 Å². The minimum atomic E-state index is -3.96. The molecule has 1 amide bonds. The molecule has 7 nitrogen and oxygen atoms in total. The SMILES string of the molecule is Cc1ccc(-c2nnc(S(=O)(=O)CC(=O)NC3CCCCC3)o2)cc1. The fourth-order valence-corrected chi connectivity index (χ4v) is 3.82. The van der Waals surface area contributed by atoms with Crippen LogP contribution in [0.15, 0.2) is 33.9 Å². The Balaban J connectivity index is 1.67. The van der Waals surface area contributed by atoms with Crippen LogP contribution in [-0.2, 0) is 14.6 Å². The summed E-state index contributed by atoms with van der Waals surface area (Å²) in [6, 6.07) is 7.34. The van der Waals surface area contributed by atoms with Crippen molar-refractivity contribution in [3.8, 4) is 11.5 Å². The van der Waals surface area contributed by atoms with Crippen molar-refractivity contribution < 1.29 is 17.6 Å². The molecule has 0 bridgehead atoms. The Morgan fingerprint density at radius 2 is 1.84 bits per heavy atom. The highest BCUT2D eigenvalue weighted by molar-refractivity contribution is 7.91. The van der Waals surface area contributed by atoms with Gasteiger partial charge in [-0.15, -0.1) is 5.10 Å². The van der Waals surface area contributed by atoms with E-state index in [1.54, 1.807) is 12.1 Å². The summed E-state index contributed by atoms with van der Waals surface area (Å²) in [7, 11) is -3.96. The summed E-state index contributed by atoms with van der Waals surface area (Å²) in [6.45, 7) is 1.94. The fourth-order valence-electron chi connectivity index (χ4n) is 2.90. The number of benzene rings is 1. The number of hydrogen-bond acceptors (Lipinski definition) is 6. The number of aromatic nitrogens is 2. The number of nitrogens with zero attached hydrogens (tertiary/aromatic N) is 2. The fraction of sp³-hybridized carbons (Fsp3) is 0.471. The third-order valence-electron chi connectivity index (χ3n) is 4.26. The highest BCUT2D eigenvalue weighted by Crippen LogP contribution is 2.21. The van der Waals surface area contributed by atoms with Crippen LogP contribution in [0.2, 0.25) is 0 Å². The lowest BCUT2D eigenvalue weighted by Crippen LogP contribution is -2.39. The number of carbonyl (C=O) groups excluding carboxylic acids is 1. The molecular weight excluding hydrogens is 342 g/mol. The molecule has 1 N–H and O–H groups in total. The van der Waals surface area contributed by atoms with Crippen LogP contribution in [0.25, 0.3) is 11.5 Å². The number of aryl methyl sites for hydroxylation is 1. The summed E-state index contributed by atoms with van der Waals surface area (Å²) in [5.41, 5.74) is 1.70.